The second-order valence-corrected chi connectivity index (χ2v) is 8.21. The van der Waals surface area contributed by atoms with E-state index in [0.717, 1.165) is 0 Å². The van der Waals surface area contributed by atoms with Crippen LogP contribution in [-0.2, 0) is 0 Å². The molecule has 0 aromatic carbocycles. The van der Waals surface area contributed by atoms with Gasteiger partial charge in [0.15, 0.2) is 0 Å². The monoisotopic (exact) mass is 192 g/mol. The molecule has 6 heavy (non-hydrogen) atoms. The van der Waals surface area contributed by atoms with Crippen LogP contribution in [0.25, 0.3) is 0 Å². The topological polar surface area (TPSA) is 0 Å². The predicted octanol–water partition coefficient (Wildman–Crippen LogP) is 1.96. The average Bonchev–Trinajstić information content (AvgIpc) is 1.35. The Balaban J connectivity index is 3.17. The van der Waals surface area contributed by atoms with Crippen molar-refractivity contribution in [2.45, 2.75) is 29.1 Å². The second-order valence-electron chi connectivity index (χ2n) is 2.50. The molecule has 2 radical (unpaired) electrons. The van der Waals surface area contributed by atoms with E-state index in [0.29, 0.717) is 3.43 Å². The van der Waals surface area contributed by atoms with Crippen molar-refractivity contribution < 1.29 is 0 Å². The van der Waals surface area contributed by atoms with Gasteiger partial charge >= 0.3 is 50.3 Å². The van der Waals surface area contributed by atoms with Gasteiger partial charge in [0.25, 0.3) is 0 Å². The summed E-state index contributed by atoms with van der Waals surface area (Å²) in [7, 11) is 0. The number of hydrogen-bond donors (Lipinski definition) is 0. The third-order valence-electron chi connectivity index (χ3n) is 0.750. The van der Waals surface area contributed by atoms with Crippen molar-refractivity contribution in [2.24, 2.45) is 0 Å². The molecule has 0 fully saturated rings. The zero-order valence-electron chi connectivity index (χ0n) is 5.00. The SMILES string of the molecule is [CH3][Sn][C](C)(C)C. The van der Waals surface area contributed by atoms with E-state index >= 15 is 0 Å². The Labute approximate surface area is 50.5 Å². The van der Waals surface area contributed by atoms with Crippen molar-refractivity contribution in [2.75, 3.05) is 0 Å². The zero-order valence-corrected chi connectivity index (χ0v) is 7.85. The quantitative estimate of drug-likeness (QED) is 0.513. The normalized spacial score (nSPS) is 12.0. The van der Waals surface area contributed by atoms with Gasteiger partial charge in [0.1, 0.15) is 0 Å². The van der Waals surface area contributed by atoms with Gasteiger partial charge in [0.2, 0.25) is 0 Å². The van der Waals surface area contributed by atoms with Gasteiger partial charge in [-0.15, -0.1) is 0 Å². The van der Waals surface area contributed by atoms with Crippen LogP contribution >= 0.6 is 0 Å². The Bertz CT molecular complexity index is 33.7. The average molecular weight is 191 g/mol. The Morgan fingerprint density at radius 2 is 1.33 bits per heavy atom. The van der Waals surface area contributed by atoms with Crippen LogP contribution in [0.1, 0.15) is 20.8 Å². The maximum absolute atomic E-state index is 2.38. The van der Waals surface area contributed by atoms with Crippen LogP contribution in [0.5, 0.6) is 0 Å². The Morgan fingerprint density at radius 1 is 1.17 bits per heavy atom. The van der Waals surface area contributed by atoms with Gasteiger partial charge in [-0.05, 0) is 0 Å². The second kappa shape index (κ2) is 2.20. The third kappa shape index (κ3) is 4.80. The molecule has 0 rings (SSSR count). The molecule has 0 amide bonds. The summed E-state index contributed by atoms with van der Waals surface area (Å²) >= 11 is 0.0242. The maximum atomic E-state index is 2.38. The third-order valence-corrected chi connectivity index (χ3v) is 5.03. The molecule has 0 aliphatic carbocycles. The summed E-state index contributed by atoms with van der Waals surface area (Å²) in [5.41, 5.74) is 0. The molecule has 0 N–H and O–H groups in total. The van der Waals surface area contributed by atoms with E-state index in [1.54, 1.807) is 0 Å². The van der Waals surface area contributed by atoms with E-state index in [4.69, 9.17) is 0 Å². The first kappa shape index (κ1) is 6.80. The molecule has 36 valence electrons. The molecule has 0 atom stereocenters. The molecule has 1 heteroatoms. The minimum absolute atomic E-state index is 0.0242. The zero-order chi connectivity index (χ0) is 5.21. The first-order valence-corrected chi connectivity index (χ1v) is 6.53. The molecular weight excluding hydrogens is 179 g/mol. The minimum atomic E-state index is 0.0242. The van der Waals surface area contributed by atoms with Crippen molar-refractivity contribution in [1.29, 1.82) is 0 Å². The Kier molecular flexibility index (Phi) is 2.49. The summed E-state index contributed by atoms with van der Waals surface area (Å²) in [5, 5.41) is 0. The van der Waals surface area contributed by atoms with E-state index < -0.39 is 0 Å². The standard InChI is InChI=1S/C4H9.CH3.Sn/c1-4(2)3;;/h1-3H3;1H3;. The molecule has 0 aromatic rings. The van der Waals surface area contributed by atoms with Crippen LogP contribution in [0.4, 0.5) is 0 Å². The molecule has 0 saturated carbocycles. The van der Waals surface area contributed by atoms with E-state index in [1.807, 2.05) is 0 Å². The molecule has 0 unspecified atom stereocenters. The molecular formula is C5H12Sn. The summed E-state index contributed by atoms with van der Waals surface area (Å²) in [4.78, 5) is 2.38. The fraction of sp³-hybridized carbons (Fsp3) is 1.00. The number of hydrogen-bond acceptors (Lipinski definition) is 0. The van der Waals surface area contributed by atoms with Crippen LogP contribution in [0.2, 0.25) is 8.37 Å². The first-order chi connectivity index (χ1) is 2.56. The summed E-state index contributed by atoms with van der Waals surface area (Å²) < 4.78 is 0.712. The van der Waals surface area contributed by atoms with Crippen LogP contribution < -0.4 is 0 Å². The van der Waals surface area contributed by atoms with Crippen molar-refractivity contribution in [1.82, 2.24) is 0 Å². The van der Waals surface area contributed by atoms with Crippen molar-refractivity contribution in [3.05, 3.63) is 0 Å². The fourth-order valence-corrected chi connectivity index (χ4v) is 0. The van der Waals surface area contributed by atoms with Gasteiger partial charge < -0.3 is 0 Å². The molecule has 0 bridgehead atoms. The first-order valence-electron chi connectivity index (χ1n) is 2.25. The van der Waals surface area contributed by atoms with Crippen molar-refractivity contribution >= 4 is 21.1 Å². The molecule has 0 aromatic heterocycles. The van der Waals surface area contributed by atoms with Gasteiger partial charge in [-0.3, -0.25) is 0 Å². The van der Waals surface area contributed by atoms with E-state index in [-0.39, 0.29) is 21.1 Å². The Hall–Kier alpha value is 0.799. The van der Waals surface area contributed by atoms with Gasteiger partial charge in [-0.25, -0.2) is 0 Å². The summed E-state index contributed by atoms with van der Waals surface area (Å²) in [5.74, 6) is 0. The Morgan fingerprint density at radius 3 is 1.33 bits per heavy atom. The molecule has 0 saturated heterocycles. The summed E-state index contributed by atoms with van der Waals surface area (Å²) in [6.07, 6.45) is 0. The van der Waals surface area contributed by atoms with Crippen LogP contribution in [0.15, 0.2) is 0 Å². The molecule has 0 nitrogen and oxygen atoms in total. The van der Waals surface area contributed by atoms with E-state index in [9.17, 15) is 0 Å². The molecule has 0 aliphatic heterocycles. The van der Waals surface area contributed by atoms with E-state index in [1.165, 1.54) is 0 Å². The molecule has 0 aliphatic rings. The molecule has 0 heterocycles. The van der Waals surface area contributed by atoms with Crippen molar-refractivity contribution in [3.8, 4) is 0 Å². The number of rotatable bonds is 0. The summed E-state index contributed by atoms with van der Waals surface area (Å²) in [6, 6.07) is 0. The van der Waals surface area contributed by atoms with Gasteiger partial charge in [-0.2, -0.15) is 0 Å². The van der Waals surface area contributed by atoms with Crippen LogP contribution in [0.3, 0.4) is 0 Å². The van der Waals surface area contributed by atoms with Gasteiger partial charge in [0.05, 0.1) is 0 Å². The molecule has 0 spiro atoms. The summed E-state index contributed by atoms with van der Waals surface area (Å²) in [6.45, 7) is 6.96. The van der Waals surface area contributed by atoms with Crippen LogP contribution in [0, 0.1) is 0 Å². The van der Waals surface area contributed by atoms with Gasteiger partial charge in [0, 0.05) is 0 Å². The predicted molar refractivity (Wildman–Crippen MR) is 31.3 cm³/mol. The van der Waals surface area contributed by atoms with Gasteiger partial charge in [-0.1, -0.05) is 0 Å². The van der Waals surface area contributed by atoms with Crippen molar-refractivity contribution in [3.63, 3.8) is 0 Å². The fourth-order valence-electron chi connectivity index (χ4n) is 0. The van der Waals surface area contributed by atoms with E-state index in [2.05, 4.69) is 25.7 Å². The van der Waals surface area contributed by atoms with Crippen LogP contribution in [-0.4, -0.2) is 21.1 Å².